The summed E-state index contributed by atoms with van der Waals surface area (Å²) in [4.78, 5) is 4.67. The van der Waals surface area contributed by atoms with E-state index in [2.05, 4.69) is 10.3 Å². The molecule has 0 unspecified atom stereocenters. The molecule has 0 bridgehead atoms. The fraction of sp³-hybridized carbons (Fsp3) is 0.333. The van der Waals surface area contributed by atoms with Crippen LogP contribution in [0.1, 0.15) is 11.1 Å². The first-order valence-corrected chi connectivity index (χ1v) is 4.25. The Labute approximate surface area is 81.6 Å². The van der Waals surface area contributed by atoms with Crippen molar-refractivity contribution >= 4 is 11.6 Å². The summed E-state index contributed by atoms with van der Waals surface area (Å²) in [6.45, 7) is -0.100. The predicted molar refractivity (Wildman–Crippen MR) is 50.1 cm³/mol. The largest absolute Gasteiger partial charge is 0.305 e. The second-order valence-corrected chi connectivity index (χ2v) is 2.94. The van der Waals surface area contributed by atoms with E-state index in [1.807, 2.05) is 6.07 Å². The molecule has 0 amide bonds. The molecule has 0 fully saturated rings. The molecule has 1 aromatic carbocycles. The Morgan fingerprint density at radius 1 is 1.54 bits per heavy atom. The van der Waals surface area contributed by atoms with Crippen LogP contribution in [0.3, 0.4) is 0 Å². The fourth-order valence-corrected chi connectivity index (χ4v) is 1.31. The Bertz CT molecular complexity index is 280. The Balaban J connectivity index is 2.85. The molecule has 1 aromatic rings. The van der Waals surface area contributed by atoms with Crippen molar-refractivity contribution in [3.63, 3.8) is 0 Å². The van der Waals surface area contributed by atoms with Crippen molar-refractivity contribution < 1.29 is 9.23 Å². The van der Waals surface area contributed by atoms with Gasteiger partial charge in [-0.3, -0.25) is 0 Å². The van der Waals surface area contributed by atoms with Gasteiger partial charge < -0.3 is 4.84 Å². The molecule has 1 rings (SSSR count). The van der Waals surface area contributed by atoms with Crippen molar-refractivity contribution in [1.29, 1.82) is 0 Å². The maximum atomic E-state index is 12.5. The van der Waals surface area contributed by atoms with Crippen LogP contribution >= 0.6 is 11.6 Å². The molecule has 0 aliphatic rings. The summed E-state index contributed by atoms with van der Waals surface area (Å²) in [6.07, 6.45) is 0. The van der Waals surface area contributed by atoms with Crippen LogP contribution in [-0.4, -0.2) is 7.11 Å². The molecule has 0 spiro atoms. The lowest BCUT2D eigenvalue weighted by Crippen LogP contribution is -2.12. The molecule has 0 atom stereocenters. The third-order valence-electron chi connectivity index (χ3n) is 1.76. The van der Waals surface area contributed by atoms with Crippen molar-refractivity contribution in [2.75, 3.05) is 7.11 Å². The van der Waals surface area contributed by atoms with E-state index in [1.54, 1.807) is 12.1 Å². The highest BCUT2D eigenvalue weighted by Crippen LogP contribution is 2.20. The Hall–Kier alpha value is -0.640. The Kier molecular flexibility index (Phi) is 4.15. The minimum atomic E-state index is -0.555. The lowest BCUT2D eigenvalue weighted by Gasteiger charge is -2.08. The standard InChI is InChI=1S/C9H11ClFNO/c1-13-12-6-7-3-2-4-9(10)8(7)5-11/h2-4,12H,5-6H2,1H3. The normalized spacial score (nSPS) is 10.4. The van der Waals surface area contributed by atoms with E-state index in [9.17, 15) is 4.39 Å². The number of hydroxylamine groups is 1. The van der Waals surface area contributed by atoms with Crippen molar-refractivity contribution in [1.82, 2.24) is 5.48 Å². The van der Waals surface area contributed by atoms with Crippen LogP contribution in [-0.2, 0) is 18.1 Å². The van der Waals surface area contributed by atoms with Gasteiger partial charge in [0.25, 0.3) is 0 Å². The van der Waals surface area contributed by atoms with Crippen LogP contribution in [0.2, 0.25) is 5.02 Å². The lowest BCUT2D eigenvalue weighted by atomic mass is 10.1. The minimum Gasteiger partial charge on any atom is -0.305 e. The van der Waals surface area contributed by atoms with Crippen LogP contribution < -0.4 is 5.48 Å². The first kappa shape index (κ1) is 10.4. The maximum Gasteiger partial charge on any atom is 0.116 e. The minimum absolute atomic E-state index is 0.455. The summed E-state index contributed by atoms with van der Waals surface area (Å²) in [5, 5.41) is 0.456. The number of hydrogen-bond donors (Lipinski definition) is 1. The number of nitrogens with one attached hydrogen (secondary N) is 1. The molecule has 4 heteroatoms. The first-order valence-electron chi connectivity index (χ1n) is 3.87. The number of benzene rings is 1. The summed E-state index contributed by atoms with van der Waals surface area (Å²) in [5.74, 6) is 0. The van der Waals surface area contributed by atoms with Crippen LogP contribution in [0.5, 0.6) is 0 Å². The van der Waals surface area contributed by atoms with Gasteiger partial charge in [0, 0.05) is 17.1 Å². The lowest BCUT2D eigenvalue weighted by molar-refractivity contribution is 0.0864. The van der Waals surface area contributed by atoms with Gasteiger partial charge in [-0.25, -0.2) is 4.39 Å². The van der Waals surface area contributed by atoms with Crippen molar-refractivity contribution in [2.45, 2.75) is 13.2 Å². The van der Waals surface area contributed by atoms with E-state index in [4.69, 9.17) is 11.6 Å². The van der Waals surface area contributed by atoms with E-state index in [-0.39, 0.29) is 0 Å². The molecule has 72 valence electrons. The third kappa shape index (κ3) is 2.66. The molecule has 0 radical (unpaired) electrons. The number of rotatable bonds is 4. The molecular formula is C9H11ClFNO. The van der Waals surface area contributed by atoms with Gasteiger partial charge in [-0.05, 0) is 11.6 Å². The smallest absolute Gasteiger partial charge is 0.116 e. The Morgan fingerprint density at radius 2 is 2.31 bits per heavy atom. The fourth-order valence-electron chi connectivity index (χ4n) is 1.07. The zero-order valence-electron chi connectivity index (χ0n) is 7.31. The molecule has 0 heterocycles. The van der Waals surface area contributed by atoms with Gasteiger partial charge in [0.15, 0.2) is 0 Å². The van der Waals surface area contributed by atoms with E-state index in [0.29, 0.717) is 17.1 Å². The monoisotopic (exact) mass is 203 g/mol. The van der Waals surface area contributed by atoms with Crippen LogP contribution in [0.15, 0.2) is 18.2 Å². The van der Waals surface area contributed by atoms with E-state index < -0.39 is 6.67 Å². The molecule has 1 N–H and O–H groups in total. The summed E-state index contributed by atoms with van der Waals surface area (Å²) in [7, 11) is 1.51. The van der Waals surface area contributed by atoms with Gasteiger partial charge in [-0.1, -0.05) is 23.7 Å². The number of hydrogen-bond acceptors (Lipinski definition) is 2. The third-order valence-corrected chi connectivity index (χ3v) is 2.11. The van der Waals surface area contributed by atoms with Gasteiger partial charge in [-0.15, -0.1) is 0 Å². The topological polar surface area (TPSA) is 21.3 Å². The quantitative estimate of drug-likeness (QED) is 0.760. The van der Waals surface area contributed by atoms with Gasteiger partial charge in [0.2, 0.25) is 0 Å². The molecule has 0 saturated heterocycles. The van der Waals surface area contributed by atoms with E-state index >= 15 is 0 Å². The highest BCUT2D eigenvalue weighted by molar-refractivity contribution is 6.31. The van der Waals surface area contributed by atoms with Gasteiger partial charge >= 0.3 is 0 Å². The molecule has 0 aromatic heterocycles. The van der Waals surface area contributed by atoms with Gasteiger partial charge in [-0.2, -0.15) is 5.48 Å². The summed E-state index contributed by atoms with van der Waals surface area (Å²) < 4.78 is 12.5. The summed E-state index contributed by atoms with van der Waals surface area (Å²) >= 11 is 5.80. The second-order valence-electron chi connectivity index (χ2n) is 2.54. The molecule has 13 heavy (non-hydrogen) atoms. The van der Waals surface area contributed by atoms with E-state index in [1.165, 1.54) is 7.11 Å². The van der Waals surface area contributed by atoms with Crippen LogP contribution in [0.25, 0.3) is 0 Å². The molecule has 0 aliphatic heterocycles. The zero-order chi connectivity index (χ0) is 9.68. The number of alkyl halides is 1. The van der Waals surface area contributed by atoms with Crippen molar-refractivity contribution in [3.05, 3.63) is 34.3 Å². The van der Waals surface area contributed by atoms with Crippen molar-refractivity contribution in [3.8, 4) is 0 Å². The molecule has 0 saturated carbocycles. The highest BCUT2D eigenvalue weighted by Gasteiger charge is 2.05. The Morgan fingerprint density at radius 3 is 2.92 bits per heavy atom. The first-order chi connectivity index (χ1) is 6.29. The second kappa shape index (κ2) is 5.17. The predicted octanol–water partition coefficient (Wildman–Crippen LogP) is 2.46. The summed E-state index contributed by atoms with van der Waals surface area (Å²) in [6, 6.07) is 5.27. The van der Waals surface area contributed by atoms with Crippen LogP contribution in [0.4, 0.5) is 4.39 Å². The maximum absolute atomic E-state index is 12.5. The number of halogens is 2. The van der Waals surface area contributed by atoms with Gasteiger partial charge in [0.05, 0.1) is 7.11 Å². The average Bonchev–Trinajstić information content (AvgIpc) is 2.15. The van der Waals surface area contributed by atoms with Crippen LogP contribution in [0, 0.1) is 0 Å². The van der Waals surface area contributed by atoms with Crippen molar-refractivity contribution in [2.24, 2.45) is 0 Å². The average molecular weight is 204 g/mol. The SMILES string of the molecule is CONCc1cccc(Cl)c1CF. The molecule has 2 nitrogen and oxygen atoms in total. The highest BCUT2D eigenvalue weighted by atomic mass is 35.5. The van der Waals surface area contributed by atoms with Gasteiger partial charge in [0.1, 0.15) is 6.67 Å². The molecular weight excluding hydrogens is 193 g/mol. The zero-order valence-corrected chi connectivity index (χ0v) is 8.07. The summed E-state index contributed by atoms with van der Waals surface area (Å²) in [5.41, 5.74) is 3.98. The molecule has 0 aliphatic carbocycles. The van der Waals surface area contributed by atoms with E-state index in [0.717, 1.165) is 5.56 Å².